The molecule has 2 atom stereocenters. The molecule has 1 saturated carbocycles. The first-order chi connectivity index (χ1) is 6.36. The number of hydrogen-bond acceptors (Lipinski definition) is 4. The first-order valence-corrected chi connectivity index (χ1v) is 4.83. The van der Waals surface area contributed by atoms with Crippen molar-refractivity contribution >= 4 is 11.7 Å². The van der Waals surface area contributed by atoms with E-state index in [1.807, 2.05) is 0 Å². The van der Waals surface area contributed by atoms with Gasteiger partial charge < -0.3 is 15.3 Å². The first-order valence-electron chi connectivity index (χ1n) is 4.83. The van der Waals surface area contributed by atoms with Gasteiger partial charge in [0, 0.05) is 5.71 Å². The molecule has 1 fully saturated rings. The van der Waals surface area contributed by atoms with E-state index in [9.17, 15) is 9.90 Å². The van der Waals surface area contributed by atoms with Crippen LogP contribution in [0.5, 0.6) is 0 Å². The lowest BCUT2D eigenvalue weighted by molar-refractivity contribution is -0.163. The number of rotatable bonds is 2. The number of hydrogen-bond donors (Lipinski definition) is 2. The maximum absolute atomic E-state index is 11.6. The minimum Gasteiger partial charge on any atom is -0.465 e. The number of carbonyl (C=O) groups is 1. The Bertz CT molecular complexity index is 273. The number of aliphatic hydroxyl groups is 1. The number of ether oxygens (including phenoxy) is 1. The Labute approximate surface area is 83.8 Å². The molecular weight excluding hydrogens is 182 g/mol. The Morgan fingerprint density at radius 3 is 2.57 bits per heavy atom. The Morgan fingerprint density at radius 1 is 1.64 bits per heavy atom. The molecule has 0 radical (unpaired) electrons. The van der Waals surface area contributed by atoms with Gasteiger partial charge in [-0.25, -0.2) is 0 Å². The van der Waals surface area contributed by atoms with E-state index in [0.717, 1.165) is 0 Å². The largest absolute Gasteiger partial charge is 0.465 e. The van der Waals surface area contributed by atoms with Gasteiger partial charge in [-0.05, 0) is 33.6 Å². The van der Waals surface area contributed by atoms with E-state index in [2.05, 4.69) is 0 Å². The van der Waals surface area contributed by atoms with Gasteiger partial charge in [0.15, 0.2) is 0 Å². The molecule has 1 aliphatic carbocycles. The molecule has 0 aromatic heterocycles. The summed E-state index contributed by atoms with van der Waals surface area (Å²) in [5, 5.41) is 17.6. The molecule has 4 nitrogen and oxygen atoms in total. The third kappa shape index (κ3) is 1.34. The van der Waals surface area contributed by atoms with Gasteiger partial charge >= 0.3 is 5.97 Å². The summed E-state index contributed by atoms with van der Waals surface area (Å²) in [6.07, 6.45) is 0.944. The topological polar surface area (TPSA) is 70.4 Å². The summed E-state index contributed by atoms with van der Waals surface area (Å²) in [5.41, 5.74) is -2.10. The van der Waals surface area contributed by atoms with Crippen molar-refractivity contribution in [2.45, 2.75) is 39.2 Å². The second kappa shape index (κ2) is 3.35. The second-order valence-electron chi connectivity index (χ2n) is 4.10. The fraction of sp³-hybridized carbons (Fsp3) is 0.800. The summed E-state index contributed by atoms with van der Waals surface area (Å²) in [6.45, 7) is 5.21. The van der Waals surface area contributed by atoms with E-state index < -0.39 is 17.0 Å². The van der Waals surface area contributed by atoms with Gasteiger partial charge in [-0.1, -0.05) is 0 Å². The molecule has 1 rings (SSSR count). The maximum atomic E-state index is 11.6. The van der Waals surface area contributed by atoms with Crippen molar-refractivity contribution < 1.29 is 14.6 Å². The van der Waals surface area contributed by atoms with Crippen molar-refractivity contribution in [1.29, 1.82) is 5.41 Å². The monoisotopic (exact) mass is 199 g/mol. The summed E-state index contributed by atoms with van der Waals surface area (Å²) in [7, 11) is 0. The predicted molar refractivity (Wildman–Crippen MR) is 52.3 cm³/mol. The molecule has 1 aliphatic rings. The molecule has 0 amide bonds. The van der Waals surface area contributed by atoms with Gasteiger partial charge in [0.1, 0.15) is 5.60 Å². The van der Waals surface area contributed by atoms with E-state index in [4.69, 9.17) is 10.1 Å². The lowest BCUT2D eigenvalue weighted by Crippen LogP contribution is -2.49. The van der Waals surface area contributed by atoms with Crippen molar-refractivity contribution in [1.82, 2.24) is 0 Å². The molecule has 4 heteroatoms. The molecule has 0 spiro atoms. The van der Waals surface area contributed by atoms with Crippen LogP contribution in [0.15, 0.2) is 0 Å². The van der Waals surface area contributed by atoms with Crippen molar-refractivity contribution in [3.63, 3.8) is 0 Å². The van der Waals surface area contributed by atoms with Gasteiger partial charge in [-0.3, -0.25) is 4.79 Å². The van der Waals surface area contributed by atoms with Gasteiger partial charge in [0.2, 0.25) is 0 Å². The SMILES string of the molecule is CCOC(=O)C1(C)CCC(=N)C1(C)O. The Hall–Kier alpha value is -0.900. The van der Waals surface area contributed by atoms with Crippen LogP contribution >= 0.6 is 0 Å². The van der Waals surface area contributed by atoms with Crippen LogP contribution in [0.2, 0.25) is 0 Å². The van der Waals surface area contributed by atoms with Crippen LogP contribution in [0.3, 0.4) is 0 Å². The molecule has 0 bridgehead atoms. The van der Waals surface area contributed by atoms with Crippen molar-refractivity contribution in [3.8, 4) is 0 Å². The zero-order valence-corrected chi connectivity index (χ0v) is 8.89. The normalized spacial score (nSPS) is 37.3. The van der Waals surface area contributed by atoms with Gasteiger partial charge in [0.25, 0.3) is 0 Å². The molecule has 0 aromatic rings. The maximum Gasteiger partial charge on any atom is 0.315 e. The van der Waals surface area contributed by atoms with Crippen molar-refractivity contribution in [2.75, 3.05) is 6.61 Å². The average molecular weight is 199 g/mol. The second-order valence-corrected chi connectivity index (χ2v) is 4.10. The highest BCUT2D eigenvalue weighted by Crippen LogP contribution is 2.44. The minimum absolute atomic E-state index is 0.216. The summed E-state index contributed by atoms with van der Waals surface area (Å²) >= 11 is 0. The molecule has 0 aliphatic heterocycles. The quantitative estimate of drug-likeness (QED) is 0.655. The molecule has 0 saturated heterocycles. The first kappa shape index (κ1) is 11.2. The molecule has 80 valence electrons. The smallest absolute Gasteiger partial charge is 0.315 e. The van der Waals surface area contributed by atoms with Gasteiger partial charge in [-0.15, -0.1) is 0 Å². The summed E-state index contributed by atoms with van der Waals surface area (Å²) < 4.78 is 4.92. The van der Waals surface area contributed by atoms with E-state index in [1.54, 1.807) is 13.8 Å². The fourth-order valence-corrected chi connectivity index (χ4v) is 1.79. The van der Waals surface area contributed by atoms with Gasteiger partial charge in [-0.2, -0.15) is 0 Å². The van der Waals surface area contributed by atoms with Crippen LogP contribution in [-0.4, -0.2) is 29.0 Å². The third-order valence-corrected chi connectivity index (χ3v) is 3.26. The van der Waals surface area contributed by atoms with Crippen LogP contribution in [0.4, 0.5) is 0 Å². The molecule has 0 heterocycles. The van der Waals surface area contributed by atoms with E-state index in [-0.39, 0.29) is 5.71 Å². The molecule has 0 aromatic carbocycles. The Morgan fingerprint density at radius 2 is 2.21 bits per heavy atom. The van der Waals surface area contributed by atoms with Crippen LogP contribution < -0.4 is 0 Å². The zero-order valence-electron chi connectivity index (χ0n) is 8.89. The summed E-state index contributed by atoms with van der Waals surface area (Å²) in [5.74, 6) is -0.410. The number of esters is 1. The minimum atomic E-state index is -1.36. The lowest BCUT2D eigenvalue weighted by atomic mass is 9.77. The van der Waals surface area contributed by atoms with Crippen LogP contribution in [-0.2, 0) is 9.53 Å². The summed E-state index contributed by atoms with van der Waals surface area (Å²) in [4.78, 5) is 11.6. The third-order valence-electron chi connectivity index (χ3n) is 3.26. The average Bonchev–Trinajstić information content (AvgIpc) is 2.31. The zero-order chi connectivity index (χ0) is 11.0. The highest BCUT2D eigenvalue weighted by molar-refractivity contribution is 5.99. The number of carbonyl (C=O) groups excluding carboxylic acids is 1. The molecule has 2 unspecified atom stereocenters. The Kier molecular flexibility index (Phi) is 2.67. The van der Waals surface area contributed by atoms with Crippen LogP contribution in [0.25, 0.3) is 0 Å². The van der Waals surface area contributed by atoms with Crippen LogP contribution in [0.1, 0.15) is 33.6 Å². The van der Waals surface area contributed by atoms with E-state index in [0.29, 0.717) is 19.4 Å². The molecular formula is C10H17NO3. The molecule has 14 heavy (non-hydrogen) atoms. The predicted octanol–water partition coefficient (Wildman–Crippen LogP) is 1.12. The Balaban J connectivity index is 2.95. The van der Waals surface area contributed by atoms with E-state index >= 15 is 0 Å². The fourth-order valence-electron chi connectivity index (χ4n) is 1.79. The van der Waals surface area contributed by atoms with E-state index in [1.165, 1.54) is 6.92 Å². The lowest BCUT2D eigenvalue weighted by Gasteiger charge is -2.33. The van der Waals surface area contributed by atoms with Crippen molar-refractivity contribution in [3.05, 3.63) is 0 Å². The van der Waals surface area contributed by atoms with Crippen LogP contribution in [0, 0.1) is 10.8 Å². The standard InChI is InChI=1S/C10H17NO3/c1-4-14-8(12)9(2)6-5-7(11)10(9,3)13/h11,13H,4-6H2,1-3H3. The highest BCUT2D eigenvalue weighted by Gasteiger charge is 2.57. The van der Waals surface area contributed by atoms with Crippen molar-refractivity contribution in [2.24, 2.45) is 5.41 Å². The molecule has 2 N–H and O–H groups in total. The highest BCUT2D eigenvalue weighted by atomic mass is 16.5. The summed E-state index contributed by atoms with van der Waals surface area (Å²) in [6, 6.07) is 0. The van der Waals surface area contributed by atoms with Gasteiger partial charge in [0.05, 0.1) is 12.0 Å². The number of nitrogens with one attached hydrogen (secondary N) is 1.